The zero-order chi connectivity index (χ0) is 21.5. The summed E-state index contributed by atoms with van der Waals surface area (Å²) in [5.41, 5.74) is 1.75. The third-order valence-corrected chi connectivity index (χ3v) is 5.81. The van der Waals surface area contributed by atoms with Crippen molar-refractivity contribution < 1.29 is 23.8 Å². The number of morpholine rings is 1. The van der Waals surface area contributed by atoms with Gasteiger partial charge in [0.2, 0.25) is 0 Å². The van der Waals surface area contributed by atoms with Gasteiger partial charge >= 0.3 is 6.09 Å². The number of anilines is 1. The van der Waals surface area contributed by atoms with Crippen LogP contribution in [0.1, 0.15) is 36.7 Å². The lowest BCUT2D eigenvalue weighted by molar-refractivity contribution is -0.118. The van der Waals surface area contributed by atoms with Crippen LogP contribution in [0.25, 0.3) is 11.3 Å². The second kappa shape index (κ2) is 7.88. The predicted octanol–water partition coefficient (Wildman–Crippen LogP) is 3.76. The molecular formula is C21H25N3O5S. The molecule has 1 aromatic carbocycles. The van der Waals surface area contributed by atoms with Crippen LogP contribution < -0.4 is 10.1 Å². The summed E-state index contributed by atoms with van der Waals surface area (Å²) in [6, 6.07) is 5.32. The molecule has 2 aliphatic rings. The second-order valence-corrected chi connectivity index (χ2v) is 9.50. The number of aromatic nitrogens is 1. The average molecular weight is 432 g/mol. The van der Waals surface area contributed by atoms with Crippen LogP contribution in [0.3, 0.4) is 0 Å². The molecule has 2 amide bonds. The number of ether oxygens (including phenoxy) is 3. The Balaban J connectivity index is 1.62. The minimum Gasteiger partial charge on any atom is -0.482 e. The minimum atomic E-state index is -0.570. The molecule has 0 saturated carbocycles. The Morgan fingerprint density at radius 3 is 2.93 bits per heavy atom. The Hall–Kier alpha value is -2.65. The molecule has 9 heteroatoms. The van der Waals surface area contributed by atoms with Gasteiger partial charge in [0.15, 0.2) is 6.61 Å². The smallest absolute Gasteiger partial charge is 0.411 e. The summed E-state index contributed by atoms with van der Waals surface area (Å²) in [6.45, 7) is 8.87. The molecule has 160 valence electrons. The minimum absolute atomic E-state index is 0.0222. The summed E-state index contributed by atoms with van der Waals surface area (Å²) in [6.07, 6.45) is -0.362. The number of amides is 2. The molecule has 1 aromatic heterocycles. The molecule has 1 saturated heterocycles. The lowest BCUT2D eigenvalue weighted by Gasteiger charge is -2.35. The molecule has 2 aliphatic heterocycles. The van der Waals surface area contributed by atoms with Crippen LogP contribution in [-0.2, 0) is 14.3 Å². The van der Waals surface area contributed by atoms with E-state index in [4.69, 9.17) is 19.2 Å². The van der Waals surface area contributed by atoms with E-state index in [-0.39, 0.29) is 24.6 Å². The van der Waals surface area contributed by atoms with Gasteiger partial charge < -0.3 is 19.5 Å². The van der Waals surface area contributed by atoms with Crippen LogP contribution >= 0.6 is 11.3 Å². The summed E-state index contributed by atoms with van der Waals surface area (Å²) in [5.74, 6) is 0.464. The van der Waals surface area contributed by atoms with Crippen molar-refractivity contribution >= 4 is 29.0 Å². The maximum atomic E-state index is 12.7. The van der Waals surface area contributed by atoms with Crippen LogP contribution in [0.15, 0.2) is 18.2 Å². The molecule has 1 fully saturated rings. The van der Waals surface area contributed by atoms with Gasteiger partial charge in [-0.15, -0.1) is 11.3 Å². The van der Waals surface area contributed by atoms with Crippen LogP contribution in [0.4, 0.5) is 10.5 Å². The molecule has 30 heavy (non-hydrogen) atoms. The molecule has 2 aromatic rings. The molecule has 1 N–H and O–H groups in total. The number of nitrogens with zero attached hydrogens (tertiary/aromatic N) is 2. The lowest BCUT2D eigenvalue weighted by atomic mass is 10.1. The van der Waals surface area contributed by atoms with Crippen molar-refractivity contribution in [2.45, 2.75) is 39.3 Å². The first kappa shape index (κ1) is 20.6. The number of rotatable bonds is 2. The lowest BCUT2D eigenvalue weighted by Crippen LogP contribution is -2.45. The van der Waals surface area contributed by atoms with Gasteiger partial charge in [-0.2, -0.15) is 0 Å². The first-order valence-corrected chi connectivity index (χ1v) is 10.6. The van der Waals surface area contributed by atoms with Gasteiger partial charge in [0.05, 0.1) is 24.6 Å². The number of hydrogen-bond acceptors (Lipinski definition) is 7. The van der Waals surface area contributed by atoms with E-state index in [1.807, 2.05) is 45.9 Å². The Labute approximate surface area is 179 Å². The molecule has 1 atom stereocenters. The van der Waals surface area contributed by atoms with Crippen molar-refractivity contribution in [3.8, 4) is 17.0 Å². The number of carbonyl (C=O) groups is 2. The van der Waals surface area contributed by atoms with Gasteiger partial charge in [-0.3, -0.25) is 9.69 Å². The molecule has 4 rings (SSSR count). The summed E-state index contributed by atoms with van der Waals surface area (Å²) >= 11 is 1.53. The molecular weight excluding hydrogens is 406 g/mol. The summed E-state index contributed by atoms with van der Waals surface area (Å²) < 4.78 is 16.7. The molecule has 0 bridgehead atoms. The van der Waals surface area contributed by atoms with E-state index < -0.39 is 5.60 Å². The van der Waals surface area contributed by atoms with Gasteiger partial charge in [-0.25, -0.2) is 9.78 Å². The fourth-order valence-electron chi connectivity index (χ4n) is 3.41. The van der Waals surface area contributed by atoms with Gasteiger partial charge in [0, 0.05) is 17.0 Å². The van der Waals surface area contributed by atoms with Crippen LogP contribution in [0.2, 0.25) is 0 Å². The third kappa shape index (κ3) is 4.27. The first-order valence-electron chi connectivity index (χ1n) is 9.83. The highest BCUT2D eigenvalue weighted by Crippen LogP contribution is 2.38. The fourth-order valence-corrected chi connectivity index (χ4v) is 4.45. The van der Waals surface area contributed by atoms with E-state index >= 15 is 0 Å². The van der Waals surface area contributed by atoms with E-state index in [2.05, 4.69) is 5.32 Å². The van der Waals surface area contributed by atoms with Crippen LogP contribution in [-0.4, -0.2) is 53.9 Å². The maximum Gasteiger partial charge on any atom is 0.411 e. The highest BCUT2D eigenvalue weighted by molar-refractivity contribution is 7.12. The number of nitrogens with one attached hydrogen (secondary N) is 1. The van der Waals surface area contributed by atoms with Crippen molar-refractivity contribution in [1.82, 2.24) is 9.88 Å². The number of fused-ring (bicyclic) bond motifs is 1. The quantitative estimate of drug-likeness (QED) is 0.779. The van der Waals surface area contributed by atoms with Crippen molar-refractivity contribution in [2.24, 2.45) is 0 Å². The molecule has 0 spiro atoms. The largest absolute Gasteiger partial charge is 0.482 e. The average Bonchev–Trinajstić information content (AvgIpc) is 3.07. The fraction of sp³-hybridized carbons (Fsp3) is 0.476. The Morgan fingerprint density at radius 2 is 2.17 bits per heavy atom. The Bertz CT molecular complexity index is 982. The first-order chi connectivity index (χ1) is 14.2. The number of hydrogen-bond donors (Lipinski definition) is 1. The van der Waals surface area contributed by atoms with Gasteiger partial charge in [0.1, 0.15) is 22.4 Å². The molecule has 0 radical (unpaired) electrons. The van der Waals surface area contributed by atoms with Crippen molar-refractivity contribution in [3.05, 3.63) is 28.1 Å². The molecule has 8 nitrogen and oxygen atoms in total. The van der Waals surface area contributed by atoms with E-state index in [9.17, 15) is 9.59 Å². The van der Waals surface area contributed by atoms with Gasteiger partial charge in [-0.05, 0) is 45.9 Å². The normalized spacial score (nSPS) is 19.0. The van der Waals surface area contributed by atoms with E-state index in [0.29, 0.717) is 31.2 Å². The number of carbonyl (C=O) groups excluding carboxylic acids is 2. The van der Waals surface area contributed by atoms with Crippen molar-refractivity contribution in [3.63, 3.8) is 0 Å². The van der Waals surface area contributed by atoms with Gasteiger partial charge in [0.25, 0.3) is 5.91 Å². The monoisotopic (exact) mass is 431 g/mol. The maximum absolute atomic E-state index is 12.7. The zero-order valence-electron chi connectivity index (χ0n) is 17.5. The summed E-state index contributed by atoms with van der Waals surface area (Å²) in [5, 5.41) is 3.62. The highest BCUT2D eigenvalue weighted by atomic mass is 32.1. The van der Waals surface area contributed by atoms with Crippen LogP contribution in [0.5, 0.6) is 5.75 Å². The van der Waals surface area contributed by atoms with E-state index in [0.717, 1.165) is 21.1 Å². The summed E-state index contributed by atoms with van der Waals surface area (Å²) in [4.78, 5) is 31.9. The predicted molar refractivity (Wildman–Crippen MR) is 113 cm³/mol. The van der Waals surface area contributed by atoms with E-state index in [1.165, 1.54) is 11.3 Å². The number of aryl methyl sites for hydroxylation is 1. The third-order valence-electron chi connectivity index (χ3n) is 4.74. The molecule has 3 heterocycles. The van der Waals surface area contributed by atoms with Gasteiger partial charge in [-0.1, -0.05) is 0 Å². The summed E-state index contributed by atoms with van der Waals surface area (Å²) in [7, 11) is 0. The zero-order valence-corrected chi connectivity index (χ0v) is 18.3. The number of thiazole rings is 1. The van der Waals surface area contributed by atoms with Crippen molar-refractivity contribution in [2.75, 3.05) is 31.7 Å². The Morgan fingerprint density at radius 1 is 1.37 bits per heavy atom. The molecule has 0 unspecified atom stereocenters. The number of benzene rings is 1. The Kier molecular flexibility index (Phi) is 5.42. The van der Waals surface area contributed by atoms with E-state index in [1.54, 1.807) is 4.90 Å². The van der Waals surface area contributed by atoms with Crippen LogP contribution in [0, 0.1) is 6.92 Å². The second-order valence-electron chi connectivity index (χ2n) is 8.27. The topological polar surface area (TPSA) is 90.0 Å². The standard InChI is InChI=1S/C21H25N3O5S/c1-12-18(13-5-6-16-14(9-13)22-17(25)11-28-16)23-19(30-12)15-10-27-8-7-24(15)20(26)29-21(2,3)4/h5-6,9,15H,7-8,10-11H2,1-4H3,(H,22,25)/t15-/m1/s1. The molecule has 0 aliphatic carbocycles. The van der Waals surface area contributed by atoms with Crippen molar-refractivity contribution in [1.29, 1.82) is 0 Å². The SMILES string of the molecule is Cc1sc([C@H]2COCCN2C(=O)OC(C)(C)C)nc1-c1ccc2c(c1)NC(=O)CO2. The highest BCUT2D eigenvalue weighted by Gasteiger charge is 2.34.